The van der Waals surface area contributed by atoms with Crippen molar-refractivity contribution in [2.45, 2.75) is 25.9 Å². The fourth-order valence-corrected chi connectivity index (χ4v) is 1.39. The van der Waals surface area contributed by atoms with E-state index < -0.39 is 18.0 Å². The van der Waals surface area contributed by atoms with E-state index in [1.54, 1.807) is 24.3 Å². The van der Waals surface area contributed by atoms with Crippen LogP contribution in [0, 0.1) is 0 Å². The standard InChI is InChI=1S/C13H17NO5/c1-2-3-11(13(16)17)19-12(15)8-18-10-6-4-9(14)5-7-10/h4-7,11H,2-3,8,14H2,1H3,(H,16,17). The van der Waals surface area contributed by atoms with E-state index in [1.807, 2.05) is 6.92 Å². The highest BCUT2D eigenvalue weighted by molar-refractivity contribution is 5.78. The van der Waals surface area contributed by atoms with E-state index in [2.05, 4.69) is 0 Å². The van der Waals surface area contributed by atoms with Crippen molar-refractivity contribution in [1.29, 1.82) is 0 Å². The van der Waals surface area contributed by atoms with Gasteiger partial charge in [-0.2, -0.15) is 0 Å². The molecule has 1 atom stereocenters. The summed E-state index contributed by atoms with van der Waals surface area (Å²) in [4.78, 5) is 22.2. The first-order chi connectivity index (χ1) is 9.02. The molecule has 0 aliphatic heterocycles. The van der Waals surface area contributed by atoms with Gasteiger partial charge in [0.15, 0.2) is 12.7 Å². The molecule has 6 heteroatoms. The molecule has 104 valence electrons. The minimum absolute atomic E-state index is 0.281. The number of carboxylic acids is 1. The number of hydrogen-bond acceptors (Lipinski definition) is 5. The Morgan fingerprint density at radius 2 is 1.95 bits per heavy atom. The zero-order valence-electron chi connectivity index (χ0n) is 10.7. The minimum Gasteiger partial charge on any atom is -0.482 e. The Labute approximate surface area is 111 Å². The van der Waals surface area contributed by atoms with Crippen molar-refractivity contribution >= 4 is 17.6 Å². The third kappa shape index (κ3) is 5.29. The maximum Gasteiger partial charge on any atom is 0.345 e. The fourth-order valence-electron chi connectivity index (χ4n) is 1.39. The molecule has 1 aromatic carbocycles. The molecule has 0 fully saturated rings. The van der Waals surface area contributed by atoms with Crippen molar-refractivity contribution in [2.75, 3.05) is 12.3 Å². The van der Waals surface area contributed by atoms with Crippen molar-refractivity contribution in [2.24, 2.45) is 0 Å². The van der Waals surface area contributed by atoms with E-state index in [0.717, 1.165) is 0 Å². The summed E-state index contributed by atoms with van der Waals surface area (Å²) in [6.45, 7) is 1.48. The predicted molar refractivity (Wildman–Crippen MR) is 68.8 cm³/mol. The predicted octanol–water partition coefficient (Wildman–Crippen LogP) is 1.44. The van der Waals surface area contributed by atoms with Crippen LogP contribution in [0.15, 0.2) is 24.3 Å². The number of aliphatic carboxylic acids is 1. The summed E-state index contributed by atoms with van der Waals surface area (Å²) in [6.07, 6.45) is -0.223. The lowest BCUT2D eigenvalue weighted by Crippen LogP contribution is -2.29. The number of anilines is 1. The largest absolute Gasteiger partial charge is 0.482 e. The number of carbonyl (C=O) groups excluding carboxylic acids is 1. The van der Waals surface area contributed by atoms with Crippen molar-refractivity contribution < 1.29 is 24.2 Å². The fraction of sp³-hybridized carbons (Fsp3) is 0.385. The molecule has 0 saturated carbocycles. The molecule has 1 unspecified atom stereocenters. The summed E-state index contributed by atoms with van der Waals surface area (Å²) in [5.41, 5.74) is 6.09. The van der Waals surface area contributed by atoms with Crippen molar-refractivity contribution in [3.8, 4) is 5.75 Å². The van der Waals surface area contributed by atoms with E-state index in [1.165, 1.54) is 0 Å². The Morgan fingerprint density at radius 1 is 1.32 bits per heavy atom. The van der Waals surface area contributed by atoms with Gasteiger partial charge < -0.3 is 20.3 Å². The number of nitrogen functional groups attached to an aromatic ring is 1. The molecule has 0 spiro atoms. The minimum atomic E-state index is -1.15. The second-order valence-electron chi connectivity index (χ2n) is 3.96. The van der Waals surface area contributed by atoms with Gasteiger partial charge in [-0.3, -0.25) is 0 Å². The van der Waals surface area contributed by atoms with Crippen LogP contribution in [0.4, 0.5) is 5.69 Å². The van der Waals surface area contributed by atoms with E-state index in [9.17, 15) is 9.59 Å². The average Bonchev–Trinajstić information content (AvgIpc) is 2.37. The SMILES string of the molecule is CCCC(OC(=O)COc1ccc(N)cc1)C(=O)O. The van der Waals surface area contributed by atoms with Gasteiger partial charge in [0.25, 0.3) is 0 Å². The van der Waals surface area contributed by atoms with Gasteiger partial charge in [0.2, 0.25) is 0 Å². The molecular formula is C13H17NO5. The van der Waals surface area contributed by atoms with Gasteiger partial charge in [-0.05, 0) is 30.7 Å². The van der Waals surface area contributed by atoms with Crippen LogP contribution in [0.1, 0.15) is 19.8 Å². The van der Waals surface area contributed by atoms with Crippen LogP contribution >= 0.6 is 0 Å². The number of hydrogen-bond donors (Lipinski definition) is 2. The summed E-state index contributed by atoms with van der Waals surface area (Å²) in [5.74, 6) is -1.39. The van der Waals surface area contributed by atoms with E-state index in [0.29, 0.717) is 17.9 Å². The van der Waals surface area contributed by atoms with Crippen LogP contribution in [-0.2, 0) is 14.3 Å². The van der Waals surface area contributed by atoms with E-state index in [4.69, 9.17) is 20.3 Å². The molecule has 0 bridgehead atoms. The van der Waals surface area contributed by atoms with Crippen LogP contribution in [-0.4, -0.2) is 29.8 Å². The number of nitrogens with two attached hydrogens (primary N) is 1. The molecule has 0 amide bonds. The highest BCUT2D eigenvalue weighted by Gasteiger charge is 2.21. The van der Waals surface area contributed by atoms with Crippen LogP contribution in [0.25, 0.3) is 0 Å². The van der Waals surface area contributed by atoms with Crippen molar-refractivity contribution in [1.82, 2.24) is 0 Å². The summed E-state index contributed by atoms with van der Waals surface area (Å²) < 4.78 is 9.97. The zero-order valence-corrected chi connectivity index (χ0v) is 10.7. The first-order valence-corrected chi connectivity index (χ1v) is 5.93. The summed E-state index contributed by atoms with van der Waals surface area (Å²) in [6, 6.07) is 6.50. The number of rotatable bonds is 7. The van der Waals surface area contributed by atoms with E-state index >= 15 is 0 Å². The van der Waals surface area contributed by atoms with Crippen LogP contribution in [0.2, 0.25) is 0 Å². The summed E-state index contributed by atoms with van der Waals surface area (Å²) in [7, 11) is 0. The Kier molecular flexibility index (Phi) is 5.66. The number of esters is 1. The topological polar surface area (TPSA) is 98.9 Å². The Bertz CT molecular complexity index is 429. The van der Waals surface area contributed by atoms with Crippen LogP contribution in [0.3, 0.4) is 0 Å². The Morgan fingerprint density at radius 3 is 2.47 bits per heavy atom. The van der Waals surface area contributed by atoms with Crippen molar-refractivity contribution in [3.05, 3.63) is 24.3 Å². The van der Waals surface area contributed by atoms with Gasteiger partial charge in [0.1, 0.15) is 5.75 Å². The molecule has 19 heavy (non-hydrogen) atoms. The van der Waals surface area contributed by atoms with Crippen LogP contribution < -0.4 is 10.5 Å². The number of carboxylic acid groups (broad SMARTS) is 1. The lowest BCUT2D eigenvalue weighted by Gasteiger charge is -2.13. The third-order valence-corrected chi connectivity index (χ3v) is 2.34. The molecule has 0 aliphatic carbocycles. The van der Waals surface area contributed by atoms with Crippen LogP contribution in [0.5, 0.6) is 5.75 Å². The maximum absolute atomic E-state index is 11.4. The van der Waals surface area contributed by atoms with Gasteiger partial charge in [-0.15, -0.1) is 0 Å². The smallest absolute Gasteiger partial charge is 0.345 e. The molecule has 0 saturated heterocycles. The Hall–Kier alpha value is -2.24. The second kappa shape index (κ2) is 7.25. The molecule has 3 N–H and O–H groups in total. The highest BCUT2D eigenvalue weighted by atomic mass is 16.6. The lowest BCUT2D eigenvalue weighted by atomic mass is 10.2. The molecule has 1 rings (SSSR count). The average molecular weight is 267 g/mol. The Balaban J connectivity index is 2.42. The molecule has 0 radical (unpaired) electrons. The number of ether oxygens (including phenoxy) is 2. The number of benzene rings is 1. The second-order valence-corrected chi connectivity index (χ2v) is 3.96. The highest BCUT2D eigenvalue weighted by Crippen LogP contribution is 2.13. The summed E-state index contributed by atoms with van der Waals surface area (Å²) >= 11 is 0. The maximum atomic E-state index is 11.4. The van der Waals surface area contributed by atoms with E-state index in [-0.39, 0.29) is 13.0 Å². The molecule has 1 aromatic rings. The molecule has 0 aliphatic rings. The first kappa shape index (κ1) is 14.8. The third-order valence-electron chi connectivity index (χ3n) is 2.34. The van der Waals surface area contributed by atoms with Gasteiger partial charge in [-0.25, -0.2) is 9.59 Å². The number of carbonyl (C=O) groups is 2. The zero-order chi connectivity index (χ0) is 14.3. The van der Waals surface area contributed by atoms with Gasteiger partial charge >= 0.3 is 11.9 Å². The van der Waals surface area contributed by atoms with Crippen molar-refractivity contribution in [3.63, 3.8) is 0 Å². The molecule has 0 heterocycles. The molecular weight excluding hydrogens is 250 g/mol. The molecule has 6 nitrogen and oxygen atoms in total. The van der Waals surface area contributed by atoms with Gasteiger partial charge in [0, 0.05) is 5.69 Å². The molecule has 0 aromatic heterocycles. The monoisotopic (exact) mass is 267 g/mol. The normalized spacial score (nSPS) is 11.6. The lowest BCUT2D eigenvalue weighted by molar-refractivity contribution is -0.165. The quantitative estimate of drug-likeness (QED) is 0.573. The summed E-state index contributed by atoms with van der Waals surface area (Å²) in [5, 5.41) is 8.84. The van der Waals surface area contributed by atoms with Gasteiger partial charge in [0.05, 0.1) is 0 Å². The van der Waals surface area contributed by atoms with Gasteiger partial charge in [-0.1, -0.05) is 13.3 Å². The first-order valence-electron chi connectivity index (χ1n) is 5.93.